The topological polar surface area (TPSA) is 147 Å². The van der Waals surface area contributed by atoms with Crippen LogP contribution in [-0.2, 0) is 38.2 Å². The van der Waals surface area contributed by atoms with Gasteiger partial charge in [0.25, 0.3) is 0 Å². The first-order valence-electron chi connectivity index (χ1n) is 10.2. The number of nitrogens with two attached hydrogens (primary N) is 1. The third-order valence-corrected chi connectivity index (χ3v) is 7.55. The van der Waals surface area contributed by atoms with Crippen molar-refractivity contribution in [1.82, 2.24) is 0 Å². The molecule has 11 heteroatoms. The molecular formula is C24H19NO8S2. The zero-order valence-electron chi connectivity index (χ0n) is 18.0. The number of benzene rings is 4. The number of rotatable bonds is 7. The Bertz CT molecular complexity index is 1660. The molecule has 4 aromatic rings. The van der Waals surface area contributed by atoms with Gasteiger partial charge >= 0.3 is 32.2 Å². The molecule has 0 aliphatic heterocycles. The molecule has 9 nitrogen and oxygen atoms in total. The molecule has 0 fully saturated rings. The van der Waals surface area contributed by atoms with Gasteiger partial charge in [-0.3, -0.25) is 4.79 Å². The summed E-state index contributed by atoms with van der Waals surface area (Å²) < 4.78 is 59.0. The van der Waals surface area contributed by atoms with Crippen molar-refractivity contribution in [2.75, 3.05) is 0 Å². The fourth-order valence-corrected chi connectivity index (χ4v) is 5.19. The molecule has 0 aromatic heterocycles. The van der Waals surface area contributed by atoms with Gasteiger partial charge in [0.15, 0.2) is 0 Å². The van der Waals surface area contributed by atoms with Gasteiger partial charge in [-0.15, -0.1) is 0 Å². The van der Waals surface area contributed by atoms with E-state index < -0.39 is 44.6 Å². The molecule has 0 spiro atoms. The highest BCUT2D eigenvalue weighted by Crippen LogP contribution is 2.22. The summed E-state index contributed by atoms with van der Waals surface area (Å²) in [5.74, 6) is -2.77. The molecule has 0 amide bonds. The summed E-state index contributed by atoms with van der Waals surface area (Å²) in [6.07, 6.45) is -0.918. The van der Waals surface area contributed by atoms with Crippen LogP contribution >= 0.6 is 0 Å². The molecule has 0 saturated carbocycles. The van der Waals surface area contributed by atoms with Gasteiger partial charge in [-0.1, -0.05) is 60.7 Å². The minimum Gasteiger partial charge on any atom is -0.342 e. The summed E-state index contributed by atoms with van der Waals surface area (Å²) in [6, 6.07) is 20.5. The van der Waals surface area contributed by atoms with Crippen molar-refractivity contribution in [1.29, 1.82) is 0 Å². The molecule has 0 aliphatic rings. The average Bonchev–Trinajstić information content (AvgIpc) is 2.82. The molecule has 1 atom stereocenters. The highest BCUT2D eigenvalue weighted by Gasteiger charge is 2.29. The van der Waals surface area contributed by atoms with Crippen LogP contribution in [0.1, 0.15) is 6.42 Å². The van der Waals surface area contributed by atoms with Crippen molar-refractivity contribution in [3.8, 4) is 0 Å². The van der Waals surface area contributed by atoms with Gasteiger partial charge in [-0.05, 0) is 45.8 Å². The molecule has 2 N–H and O–H groups in total. The summed E-state index contributed by atoms with van der Waals surface area (Å²) in [5, 5.41) is 2.79. The van der Waals surface area contributed by atoms with Gasteiger partial charge in [-0.2, -0.15) is 16.8 Å². The van der Waals surface area contributed by atoms with Crippen LogP contribution in [0.2, 0.25) is 0 Å². The van der Waals surface area contributed by atoms with Gasteiger partial charge in [0.05, 0.1) is 6.42 Å². The fraction of sp³-hybridized carbons (Fsp3) is 0.0833. The fourth-order valence-electron chi connectivity index (χ4n) is 3.33. The first kappa shape index (κ1) is 24.3. The molecule has 0 bridgehead atoms. The van der Waals surface area contributed by atoms with Crippen LogP contribution in [0.3, 0.4) is 0 Å². The Labute approximate surface area is 201 Å². The van der Waals surface area contributed by atoms with E-state index in [2.05, 4.69) is 8.37 Å². The van der Waals surface area contributed by atoms with E-state index in [1.807, 2.05) is 0 Å². The molecule has 0 saturated heterocycles. The minimum absolute atomic E-state index is 0.264. The molecule has 4 aromatic carbocycles. The van der Waals surface area contributed by atoms with Crippen molar-refractivity contribution < 1.29 is 34.8 Å². The maximum absolute atomic E-state index is 12.5. The largest absolute Gasteiger partial charge is 0.342 e. The molecular weight excluding hydrogens is 494 g/mol. The highest BCUT2D eigenvalue weighted by atomic mass is 32.2. The van der Waals surface area contributed by atoms with Crippen LogP contribution in [0.5, 0.6) is 0 Å². The van der Waals surface area contributed by atoms with Crippen molar-refractivity contribution in [2.24, 2.45) is 5.73 Å². The van der Waals surface area contributed by atoms with Gasteiger partial charge in [-0.25, -0.2) is 4.79 Å². The van der Waals surface area contributed by atoms with Gasteiger partial charge in [0, 0.05) is 0 Å². The Hall–Kier alpha value is -3.80. The SMILES string of the molecule is N[C@@H](CC(=O)OS(=O)(=O)c1ccc2ccccc2c1)C(=O)OS(=O)(=O)c1ccc2ccccc2c1. The molecule has 4 rings (SSSR count). The highest BCUT2D eigenvalue weighted by molar-refractivity contribution is 7.87. The number of hydrogen-bond donors (Lipinski definition) is 1. The van der Waals surface area contributed by atoms with Crippen LogP contribution in [0, 0.1) is 0 Å². The molecule has 0 heterocycles. The first-order chi connectivity index (χ1) is 16.5. The zero-order chi connectivity index (χ0) is 25.2. The van der Waals surface area contributed by atoms with Crippen LogP contribution in [-0.4, -0.2) is 34.8 Å². The Morgan fingerprint density at radius 1 is 0.657 bits per heavy atom. The predicted octanol–water partition coefficient (Wildman–Crippen LogP) is 2.87. The Balaban J connectivity index is 1.41. The third kappa shape index (κ3) is 5.48. The van der Waals surface area contributed by atoms with Gasteiger partial charge in [0.2, 0.25) is 0 Å². The molecule has 35 heavy (non-hydrogen) atoms. The summed E-state index contributed by atoms with van der Waals surface area (Å²) in [5.41, 5.74) is 5.59. The van der Waals surface area contributed by atoms with E-state index in [1.54, 1.807) is 60.7 Å². The summed E-state index contributed by atoms with van der Waals surface area (Å²) in [6.45, 7) is 0. The molecule has 0 radical (unpaired) electrons. The maximum atomic E-state index is 12.5. The summed E-state index contributed by atoms with van der Waals surface area (Å²) >= 11 is 0. The lowest BCUT2D eigenvalue weighted by molar-refractivity contribution is -0.141. The quantitative estimate of drug-likeness (QED) is 0.368. The Kier molecular flexibility index (Phi) is 6.57. The number of hydrogen-bond acceptors (Lipinski definition) is 9. The Morgan fingerprint density at radius 2 is 1.09 bits per heavy atom. The van der Waals surface area contributed by atoms with Crippen LogP contribution in [0.25, 0.3) is 21.5 Å². The van der Waals surface area contributed by atoms with E-state index in [0.717, 1.165) is 10.8 Å². The number of carbonyl (C=O) groups excluding carboxylic acids is 2. The second-order valence-electron chi connectivity index (χ2n) is 7.59. The van der Waals surface area contributed by atoms with E-state index in [1.165, 1.54) is 24.3 Å². The zero-order valence-corrected chi connectivity index (χ0v) is 19.7. The third-order valence-electron chi connectivity index (χ3n) is 5.10. The molecule has 0 unspecified atom stereocenters. The van der Waals surface area contributed by atoms with E-state index in [4.69, 9.17) is 5.73 Å². The molecule has 0 aliphatic carbocycles. The van der Waals surface area contributed by atoms with Crippen molar-refractivity contribution in [3.63, 3.8) is 0 Å². The lowest BCUT2D eigenvalue weighted by Gasteiger charge is -2.12. The van der Waals surface area contributed by atoms with E-state index in [-0.39, 0.29) is 9.79 Å². The van der Waals surface area contributed by atoms with Gasteiger partial charge < -0.3 is 14.1 Å². The van der Waals surface area contributed by atoms with E-state index in [0.29, 0.717) is 10.8 Å². The lowest BCUT2D eigenvalue weighted by Crippen LogP contribution is -2.36. The second kappa shape index (κ2) is 9.45. The van der Waals surface area contributed by atoms with Gasteiger partial charge in [0.1, 0.15) is 15.8 Å². The Morgan fingerprint density at radius 3 is 1.57 bits per heavy atom. The maximum Gasteiger partial charge on any atom is 0.341 e. The van der Waals surface area contributed by atoms with E-state index >= 15 is 0 Å². The summed E-state index contributed by atoms with van der Waals surface area (Å²) in [7, 11) is -9.03. The standard InChI is InChI=1S/C24H19NO8S2/c25-22(24(27)33-35(30,31)21-12-10-17-6-2-4-8-19(17)14-21)15-23(26)32-34(28,29)20-11-9-16-5-1-3-7-18(16)13-20/h1-14,22H,15,25H2/t22-/m0/s1. The van der Waals surface area contributed by atoms with Crippen molar-refractivity contribution >= 4 is 53.7 Å². The summed E-state index contributed by atoms with van der Waals surface area (Å²) in [4.78, 5) is 23.8. The van der Waals surface area contributed by atoms with Crippen molar-refractivity contribution in [3.05, 3.63) is 84.9 Å². The lowest BCUT2D eigenvalue weighted by atomic mass is 10.1. The average molecular weight is 514 g/mol. The smallest absolute Gasteiger partial charge is 0.341 e. The first-order valence-corrected chi connectivity index (χ1v) is 13.1. The van der Waals surface area contributed by atoms with Crippen molar-refractivity contribution in [2.45, 2.75) is 22.3 Å². The number of fused-ring (bicyclic) bond motifs is 2. The van der Waals surface area contributed by atoms with Crippen LogP contribution < -0.4 is 5.73 Å². The predicted molar refractivity (Wildman–Crippen MR) is 127 cm³/mol. The second-order valence-corrected chi connectivity index (χ2v) is 10.7. The van der Waals surface area contributed by atoms with E-state index in [9.17, 15) is 26.4 Å². The van der Waals surface area contributed by atoms with Crippen LogP contribution in [0.15, 0.2) is 94.7 Å². The van der Waals surface area contributed by atoms with Crippen LogP contribution in [0.4, 0.5) is 0 Å². The molecule has 180 valence electrons. The minimum atomic E-state index is -4.53. The normalized spacial score (nSPS) is 12.8. The monoisotopic (exact) mass is 513 g/mol. The number of carbonyl (C=O) groups is 2.